The molecule has 0 aromatic heterocycles. The quantitative estimate of drug-likeness (QED) is 0.700. The Balaban J connectivity index is 2.02. The van der Waals surface area contributed by atoms with Gasteiger partial charge < -0.3 is 5.32 Å². The van der Waals surface area contributed by atoms with Crippen LogP contribution in [0.4, 0.5) is 0 Å². The van der Waals surface area contributed by atoms with E-state index in [0.29, 0.717) is 23.6 Å². The summed E-state index contributed by atoms with van der Waals surface area (Å²) in [5.41, 5.74) is 1.65. The van der Waals surface area contributed by atoms with Crippen molar-refractivity contribution in [3.05, 3.63) is 70.7 Å². The van der Waals surface area contributed by atoms with Gasteiger partial charge in [-0.1, -0.05) is 60.1 Å². The van der Waals surface area contributed by atoms with Crippen molar-refractivity contribution < 1.29 is 13.2 Å². The van der Waals surface area contributed by atoms with Gasteiger partial charge in [0, 0.05) is 18.6 Å². The number of rotatable bonds is 8. The van der Waals surface area contributed by atoms with Gasteiger partial charge in [-0.2, -0.15) is 4.31 Å². The first-order valence-electron chi connectivity index (χ1n) is 8.30. The summed E-state index contributed by atoms with van der Waals surface area (Å²) in [6, 6.07) is 15.6. The van der Waals surface area contributed by atoms with E-state index in [2.05, 4.69) is 5.32 Å². The molecular formula is C19H23ClN2O3S. The highest BCUT2D eigenvalue weighted by Gasteiger charge is 2.30. The van der Waals surface area contributed by atoms with Gasteiger partial charge >= 0.3 is 0 Å². The first-order chi connectivity index (χ1) is 12.3. The summed E-state index contributed by atoms with van der Waals surface area (Å²) in [7, 11) is -2.11. The van der Waals surface area contributed by atoms with Gasteiger partial charge in [-0.3, -0.25) is 4.79 Å². The third-order valence-electron chi connectivity index (χ3n) is 4.13. The van der Waals surface area contributed by atoms with Crippen LogP contribution in [-0.2, 0) is 21.2 Å². The average Bonchev–Trinajstić information content (AvgIpc) is 2.60. The van der Waals surface area contributed by atoms with Gasteiger partial charge in [0.2, 0.25) is 15.9 Å². The fourth-order valence-electron chi connectivity index (χ4n) is 2.64. The number of hydrogen-bond acceptors (Lipinski definition) is 3. The standard InChI is InChI=1S/C19H23ClN2O3S/c1-22(26(2,24)25)18(16-10-4-3-5-11-16)19(23)21-14-8-12-15-9-6-7-13-17(15)20/h3-7,9-11,13,18H,8,12,14H2,1-2H3,(H,21,23)/t18-/m0/s1. The molecule has 0 fully saturated rings. The molecule has 0 spiro atoms. The molecular weight excluding hydrogens is 372 g/mol. The molecule has 0 bridgehead atoms. The molecule has 1 N–H and O–H groups in total. The highest BCUT2D eigenvalue weighted by molar-refractivity contribution is 7.88. The van der Waals surface area contributed by atoms with Crippen molar-refractivity contribution in [3.8, 4) is 0 Å². The predicted molar refractivity (Wildman–Crippen MR) is 105 cm³/mol. The summed E-state index contributed by atoms with van der Waals surface area (Å²) in [5.74, 6) is -0.344. The summed E-state index contributed by atoms with van der Waals surface area (Å²) >= 11 is 6.13. The summed E-state index contributed by atoms with van der Waals surface area (Å²) in [4.78, 5) is 12.7. The van der Waals surface area contributed by atoms with Crippen LogP contribution < -0.4 is 5.32 Å². The second-order valence-corrected chi connectivity index (χ2v) is 8.53. The van der Waals surface area contributed by atoms with Crippen LogP contribution in [0.25, 0.3) is 0 Å². The number of carbonyl (C=O) groups excluding carboxylic acids is 1. The van der Waals surface area contributed by atoms with Gasteiger partial charge in [0.05, 0.1) is 6.26 Å². The van der Waals surface area contributed by atoms with Crippen LogP contribution in [0.2, 0.25) is 5.02 Å². The second kappa shape index (κ2) is 9.16. The fourth-order valence-corrected chi connectivity index (χ4v) is 3.47. The van der Waals surface area contributed by atoms with Crippen molar-refractivity contribution in [1.29, 1.82) is 0 Å². The number of likely N-dealkylation sites (N-methyl/N-ethyl adjacent to an activating group) is 1. The highest BCUT2D eigenvalue weighted by Crippen LogP contribution is 2.22. The van der Waals surface area contributed by atoms with Crippen LogP contribution in [0.5, 0.6) is 0 Å². The number of nitrogens with one attached hydrogen (secondary N) is 1. The first-order valence-corrected chi connectivity index (χ1v) is 10.5. The molecule has 0 radical (unpaired) electrons. The molecule has 0 aliphatic heterocycles. The number of halogens is 1. The maximum Gasteiger partial charge on any atom is 0.242 e. The smallest absolute Gasteiger partial charge is 0.242 e. The number of sulfonamides is 1. The molecule has 0 unspecified atom stereocenters. The maximum atomic E-state index is 12.7. The van der Waals surface area contributed by atoms with E-state index in [1.54, 1.807) is 24.3 Å². The number of nitrogens with zero attached hydrogens (tertiary/aromatic N) is 1. The van der Waals surface area contributed by atoms with Crippen LogP contribution in [0.15, 0.2) is 54.6 Å². The van der Waals surface area contributed by atoms with Crippen LogP contribution in [0, 0.1) is 0 Å². The minimum Gasteiger partial charge on any atom is -0.354 e. The van der Waals surface area contributed by atoms with E-state index >= 15 is 0 Å². The molecule has 1 atom stereocenters. The molecule has 7 heteroatoms. The molecule has 0 aliphatic carbocycles. The average molecular weight is 395 g/mol. The first kappa shape index (κ1) is 20.4. The van der Waals surface area contributed by atoms with E-state index < -0.39 is 16.1 Å². The normalized spacial score (nSPS) is 12.8. The lowest BCUT2D eigenvalue weighted by Crippen LogP contribution is -2.41. The van der Waals surface area contributed by atoms with E-state index in [-0.39, 0.29) is 5.91 Å². The molecule has 0 saturated heterocycles. The number of amides is 1. The Hall–Kier alpha value is -1.89. The molecule has 2 aromatic rings. The van der Waals surface area contributed by atoms with Crippen molar-refractivity contribution in [1.82, 2.24) is 9.62 Å². The number of hydrogen-bond donors (Lipinski definition) is 1. The summed E-state index contributed by atoms with van der Waals surface area (Å²) in [5, 5.41) is 3.54. The summed E-state index contributed by atoms with van der Waals surface area (Å²) in [6.45, 7) is 0.436. The lowest BCUT2D eigenvalue weighted by Gasteiger charge is -2.25. The zero-order chi connectivity index (χ0) is 19.2. The summed E-state index contributed by atoms with van der Waals surface area (Å²) < 4.78 is 25.0. The summed E-state index contributed by atoms with van der Waals surface area (Å²) in [6.07, 6.45) is 2.53. The van der Waals surface area contributed by atoms with Gasteiger partial charge in [-0.25, -0.2) is 8.42 Å². The van der Waals surface area contributed by atoms with Gasteiger partial charge in [0.1, 0.15) is 6.04 Å². The Labute approximate surface area is 160 Å². The lowest BCUT2D eigenvalue weighted by atomic mass is 10.1. The largest absolute Gasteiger partial charge is 0.354 e. The molecule has 0 saturated carbocycles. The Bertz CT molecular complexity index is 841. The van der Waals surface area contributed by atoms with Gasteiger partial charge in [-0.05, 0) is 30.0 Å². The van der Waals surface area contributed by atoms with Crippen molar-refractivity contribution in [2.75, 3.05) is 19.8 Å². The SMILES string of the molecule is CN([C@H](C(=O)NCCCc1ccccc1Cl)c1ccccc1)S(C)(=O)=O. The molecule has 26 heavy (non-hydrogen) atoms. The van der Waals surface area contributed by atoms with E-state index in [9.17, 15) is 13.2 Å². The van der Waals surface area contributed by atoms with Crippen LogP contribution in [0.1, 0.15) is 23.6 Å². The minimum absolute atomic E-state index is 0.344. The topological polar surface area (TPSA) is 66.5 Å². The molecule has 2 aromatic carbocycles. The van der Waals surface area contributed by atoms with Crippen molar-refractivity contribution in [3.63, 3.8) is 0 Å². The zero-order valence-electron chi connectivity index (χ0n) is 14.9. The molecule has 2 rings (SSSR count). The third kappa shape index (κ3) is 5.56. The van der Waals surface area contributed by atoms with Gasteiger partial charge in [0.15, 0.2) is 0 Å². The Morgan fingerprint density at radius 2 is 1.73 bits per heavy atom. The minimum atomic E-state index is -3.52. The number of carbonyl (C=O) groups is 1. The highest BCUT2D eigenvalue weighted by atomic mass is 35.5. The Morgan fingerprint density at radius 3 is 2.35 bits per heavy atom. The molecule has 0 aliphatic rings. The zero-order valence-corrected chi connectivity index (χ0v) is 16.4. The van der Waals surface area contributed by atoms with Crippen molar-refractivity contribution in [2.45, 2.75) is 18.9 Å². The maximum absolute atomic E-state index is 12.7. The predicted octanol–water partition coefficient (Wildman–Crippen LogP) is 3.02. The number of benzene rings is 2. The van der Waals surface area contributed by atoms with Gasteiger partial charge in [-0.15, -0.1) is 0 Å². The number of aryl methyl sites for hydroxylation is 1. The van der Waals surface area contributed by atoms with Crippen LogP contribution in [0.3, 0.4) is 0 Å². The third-order valence-corrected chi connectivity index (χ3v) is 5.76. The van der Waals surface area contributed by atoms with Crippen molar-refractivity contribution >= 4 is 27.5 Å². The van der Waals surface area contributed by atoms with E-state index in [0.717, 1.165) is 22.5 Å². The van der Waals surface area contributed by atoms with Crippen LogP contribution >= 0.6 is 11.6 Å². The Morgan fingerprint density at radius 1 is 1.12 bits per heavy atom. The monoisotopic (exact) mass is 394 g/mol. The molecule has 0 heterocycles. The molecule has 140 valence electrons. The van der Waals surface area contributed by atoms with E-state index in [1.165, 1.54) is 7.05 Å². The Kier molecular flexibility index (Phi) is 7.20. The molecule has 1 amide bonds. The lowest BCUT2D eigenvalue weighted by molar-refractivity contribution is -0.124. The molecule has 5 nitrogen and oxygen atoms in total. The second-order valence-electron chi connectivity index (χ2n) is 6.08. The van der Waals surface area contributed by atoms with E-state index in [4.69, 9.17) is 11.6 Å². The van der Waals surface area contributed by atoms with E-state index in [1.807, 2.05) is 30.3 Å². The van der Waals surface area contributed by atoms with Crippen LogP contribution in [-0.4, -0.2) is 38.5 Å². The fraction of sp³-hybridized carbons (Fsp3) is 0.316. The van der Waals surface area contributed by atoms with Crippen molar-refractivity contribution in [2.24, 2.45) is 0 Å². The van der Waals surface area contributed by atoms with Gasteiger partial charge in [0.25, 0.3) is 0 Å².